The van der Waals surface area contributed by atoms with E-state index in [-0.39, 0.29) is 5.97 Å². The first-order valence-corrected chi connectivity index (χ1v) is 4.68. The fourth-order valence-electron chi connectivity index (χ4n) is 1.03. The maximum absolute atomic E-state index is 10.4. The Labute approximate surface area is 80.2 Å². The lowest BCUT2D eigenvalue weighted by molar-refractivity contribution is -0.139. The maximum Gasteiger partial charge on any atom is 0.302 e. The Morgan fingerprint density at radius 3 is 2.77 bits per heavy atom. The Morgan fingerprint density at radius 1 is 1.62 bits per heavy atom. The van der Waals surface area contributed by atoms with E-state index in [9.17, 15) is 4.79 Å². The molecule has 0 aliphatic heterocycles. The van der Waals surface area contributed by atoms with Crippen LogP contribution in [0.25, 0.3) is 0 Å². The molecule has 0 aromatic carbocycles. The molecule has 0 fully saturated rings. The molecule has 0 saturated carbocycles. The van der Waals surface area contributed by atoms with Gasteiger partial charge in [0.1, 0.15) is 6.61 Å². The molecule has 0 rings (SSSR count). The lowest BCUT2D eigenvalue weighted by Gasteiger charge is -2.09. The molecule has 0 heterocycles. The molecule has 3 nitrogen and oxygen atoms in total. The van der Waals surface area contributed by atoms with Crippen molar-refractivity contribution in [1.82, 2.24) is 5.32 Å². The van der Waals surface area contributed by atoms with Crippen molar-refractivity contribution in [3.8, 4) is 0 Å². The highest BCUT2D eigenvalue weighted by atomic mass is 16.5. The molecule has 76 valence electrons. The number of rotatable bonds is 6. The average molecular weight is 185 g/mol. The smallest absolute Gasteiger partial charge is 0.302 e. The number of nitrogens with one attached hydrogen (secondary N) is 1. The van der Waals surface area contributed by atoms with Gasteiger partial charge in [-0.2, -0.15) is 0 Å². The molecule has 1 N–H and O–H groups in total. The van der Waals surface area contributed by atoms with E-state index in [2.05, 4.69) is 12.2 Å². The van der Waals surface area contributed by atoms with Crippen molar-refractivity contribution < 1.29 is 9.53 Å². The van der Waals surface area contributed by atoms with Gasteiger partial charge >= 0.3 is 5.97 Å². The van der Waals surface area contributed by atoms with Gasteiger partial charge in [-0.1, -0.05) is 19.4 Å². The van der Waals surface area contributed by atoms with Crippen LogP contribution in [0.5, 0.6) is 0 Å². The summed E-state index contributed by atoms with van der Waals surface area (Å²) in [6.07, 6.45) is 6.15. The van der Waals surface area contributed by atoms with Crippen LogP contribution in [0.2, 0.25) is 0 Å². The Morgan fingerprint density at radius 2 is 2.31 bits per heavy atom. The summed E-state index contributed by atoms with van der Waals surface area (Å²) < 4.78 is 4.76. The monoisotopic (exact) mass is 185 g/mol. The first-order valence-electron chi connectivity index (χ1n) is 4.68. The van der Waals surface area contributed by atoms with Crippen LogP contribution in [-0.2, 0) is 9.53 Å². The first kappa shape index (κ1) is 12.2. The van der Waals surface area contributed by atoms with Crippen molar-refractivity contribution in [2.45, 2.75) is 32.7 Å². The summed E-state index contributed by atoms with van der Waals surface area (Å²) in [5.74, 6) is -0.235. The third-order valence-electron chi connectivity index (χ3n) is 1.72. The number of hydrogen-bond acceptors (Lipinski definition) is 3. The second kappa shape index (κ2) is 7.80. The summed E-state index contributed by atoms with van der Waals surface area (Å²) in [7, 11) is 1.93. The number of carbonyl (C=O) groups excluding carboxylic acids is 1. The van der Waals surface area contributed by atoms with Gasteiger partial charge in [0.2, 0.25) is 0 Å². The van der Waals surface area contributed by atoms with E-state index in [1.54, 1.807) is 0 Å². The lowest BCUT2D eigenvalue weighted by atomic mass is 10.1. The van der Waals surface area contributed by atoms with E-state index in [1.165, 1.54) is 6.92 Å². The van der Waals surface area contributed by atoms with Crippen LogP contribution in [-0.4, -0.2) is 25.7 Å². The van der Waals surface area contributed by atoms with Crippen LogP contribution in [0, 0.1) is 0 Å². The molecule has 0 aliphatic carbocycles. The minimum atomic E-state index is -0.235. The second-order valence-electron chi connectivity index (χ2n) is 2.91. The van der Waals surface area contributed by atoms with Crippen LogP contribution >= 0.6 is 0 Å². The number of likely N-dealkylation sites (N-methyl/N-ethyl adjacent to an activating group) is 1. The van der Waals surface area contributed by atoms with E-state index in [4.69, 9.17) is 4.74 Å². The highest BCUT2D eigenvalue weighted by molar-refractivity contribution is 5.65. The molecule has 0 aliphatic rings. The molecule has 0 amide bonds. The van der Waals surface area contributed by atoms with Crippen molar-refractivity contribution in [3.05, 3.63) is 12.2 Å². The normalized spacial score (nSPS) is 13.2. The highest BCUT2D eigenvalue weighted by Crippen LogP contribution is 1.97. The molecule has 0 aromatic heterocycles. The van der Waals surface area contributed by atoms with Crippen molar-refractivity contribution in [2.75, 3.05) is 13.7 Å². The number of esters is 1. The molecule has 0 spiro atoms. The standard InChI is InChI=1S/C10H19NO2/c1-4-6-10(11-3)7-5-8-13-9(2)12/h5,7,10-11H,4,6,8H2,1-3H3/b7-5+. The number of hydrogen-bond donors (Lipinski definition) is 1. The van der Waals surface area contributed by atoms with Crippen molar-refractivity contribution in [1.29, 1.82) is 0 Å². The summed E-state index contributed by atoms with van der Waals surface area (Å²) in [6.45, 7) is 3.93. The molecule has 0 radical (unpaired) electrons. The number of ether oxygens (including phenoxy) is 1. The van der Waals surface area contributed by atoms with Gasteiger partial charge in [0.05, 0.1) is 0 Å². The van der Waals surface area contributed by atoms with Gasteiger partial charge in [0.25, 0.3) is 0 Å². The van der Waals surface area contributed by atoms with Crippen molar-refractivity contribution in [2.24, 2.45) is 0 Å². The topological polar surface area (TPSA) is 38.3 Å². The number of carbonyl (C=O) groups is 1. The zero-order valence-electron chi connectivity index (χ0n) is 8.67. The Balaban J connectivity index is 3.60. The largest absolute Gasteiger partial charge is 0.462 e. The molecule has 1 atom stereocenters. The van der Waals surface area contributed by atoms with E-state index < -0.39 is 0 Å². The van der Waals surface area contributed by atoms with E-state index in [0.717, 1.165) is 12.8 Å². The predicted octanol–water partition coefficient (Wildman–Crippen LogP) is 1.49. The van der Waals surface area contributed by atoms with Crippen LogP contribution < -0.4 is 5.32 Å². The first-order chi connectivity index (χ1) is 6.20. The van der Waals surface area contributed by atoms with Crippen molar-refractivity contribution in [3.63, 3.8) is 0 Å². The van der Waals surface area contributed by atoms with Crippen LogP contribution in [0.15, 0.2) is 12.2 Å². The van der Waals surface area contributed by atoms with Gasteiger partial charge in [0.15, 0.2) is 0 Å². The summed E-state index contributed by atoms with van der Waals surface area (Å²) in [4.78, 5) is 10.4. The van der Waals surface area contributed by atoms with Gasteiger partial charge in [-0.25, -0.2) is 0 Å². The van der Waals surface area contributed by atoms with E-state index in [0.29, 0.717) is 12.6 Å². The van der Waals surface area contributed by atoms with Gasteiger partial charge in [-0.3, -0.25) is 4.79 Å². The summed E-state index contributed by atoms with van der Waals surface area (Å²) in [6, 6.07) is 0.389. The fraction of sp³-hybridized carbons (Fsp3) is 0.700. The zero-order chi connectivity index (χ0) is 10.1. The van der Waals surface area contributed by atoms with Crippen LogP contribution in [0.3, 0.4) is 0 Å². The minimum absolute atomic E-state index is 0.235. The van der Waals surface area contributed by atoms with Gasteiger partial charge in [-0.15, -0.1) is 0 Å². The molecule has 0 bridgehead atoms. The Kier molecular flexibility index (Phi) is 7.30. The molecule has 0 saturated heterocycles. The quantitative estimate of drug-likeness (QED) is 0.503. The maximum atomic E-state index is 10.4. The summed E-state index contributed by atoms with van der Waals surface area (Å²) >= 11 is 0. The Hall–Kier alpha value is -0.830. The van der Waals surface area contributed by atoms with Crippen molar-refractivity contribution >= 4 is 5.97 Å². The molecular weight excluding hydrogens is 166 g/mol. The third kappa shape index (κ3) is 7.53. The lowest BCUT2D eigenvalue weighted by Crippen LogP contribution is -2.22. The van der Waals surface area contributed by atoms with E-state index >= 15 is 0 Å². The minimum Gasteiger partial charge on any atom is -0.462 e. The average Bonchev–Trinajstić information content (AvgIpc) is 2.10. The highest BCUT2D eigenvalue weighted by Gasteiger charge is 1.97. The second-order valence-corrected chi connectivity index (χ2v) is 2.91. The van der Waals surface area contributed by atoms with Gasteiger partial charge < -0.3 is 10.1 Å². The summed E-state index contributed by atoms with van der Waals surface area (Å²) in [5, 5.41) is 3.16. The molecule has 1 unspecified atom stereocenters. The van der Waals surface area contributed by atoms with Crippen LogP contribution in [0.4, 0.5) is 0 Å². The third-order valence-corrected chi connectivity index (χ3v) is 1.72. The zero-order valence-corrected chi connectivity index (χ0v) is 8.67. The fourth-order valence-corrected chi connectivity index (χ4v) is 1.03. The van der Waals surface area contributed by atoms with E-state index in [1.807, 2.05) is 19.2 Å². The molecule has 13 heavy (non-hydrogen) atoms. The predicted molar refractivity (Wildman–Crippen MR) is 53.5 cm³/mol. The van der Waals surface area contributed by atoms with Gasteiger partial charge in [0, 0.05) is 13.0 Å². The Bertz CT molecular complexity index is 166. The SMILES string of the molecule is CCCC(/C=C/COC(C)=O)NC. The van der Waals surface area contributed by atoms with Gasteiger partial charge in [-0.05, 0) is 19.5 Å². The van der Waals surface area contributed by atoms with Crippen LogP contribution in [0.1, 0.15) is 26.7 Å². The summed E-state index contributed by atoms with van der Waals surface area (Å²) in [5.41, 5.74) is 0. The molecule has 3 heteroatoms. The molecular formula is C10H19NO2. The molecule has 0 aromatic rings.